The molecule has 0 aliphatic carbocycles. The smallest absolute Gasteiger partial charge is 0.274 e. The number of fused-ring (bicyclic) bond motifs is 1. The second kappa shape index (κ2) is 8.29. The van der Waals surface area contributed by atoms with Crippen LogP contribution in [0.3, 0.4) is 0 Å². The lowest BCUT2D eigenvalue weighted by Gasteiger charge is -2.35. The Bertz CT molecular complexity index is 1230. The van der Waals surface area contributed by atoms with Gasteiger partial charge in [-0.15, -0.1) is 0 Å². The van der Waals surface area contributed by atoms with Crippen molar-refractivity contribution in [2.24, 2.45) is 7.05 Å². The molecule has 7 nitrogen and oxygen atoms in total. The minimum atomic E-state index is -0.406. The van der Waals surface area contributed by atoms with Crippen LogP contribution in [-0.2, 0) is 18.3 Å². The molecule has 1 fully saturated rings. The van der Waals surface area contributed by atoms with Gasteiger partial charge in [-0.25, -0.2) is 9.07 Å². The molecule has 2 heterocycles. The fourth-order valence-electron chi connectivity index (χ4n) is 3.83. The fourth-order valence-corrected chi connectivity index (χ4v) is 3.83. The number of halogens is 1. The van der Waals surface area contributed by atoms with Crippen LogP contribution in [0.4, 0.5) is 4.39 Å². The first-order chi connectivity index (χ1) is 14.8. The number of rotatable bonds is 3. The Morgan fingerprint density at radius 1 is 1.00 bits per heavy atom. The number of carbonyl (C=O) groups excluding carboxylic acids is 2. The maximum absolute atomic E-state index is 13.8. The molecule has 1 aliphatic heterocycles. The van der Waals surface area contributed by atoms with E-state index in [-0.39, 0.29) is 23.8 Å². The third-order valence-corrected chi connectivity index (χ3v) is 5.69. The number of hydrogen-bond donors (Lipinski definition) is 0. The molecule has 0 N–H and O–H groups in total. The van der Waals surface area contributed by atoms with E-state index < -0.39 is 5.82 Å². The first kappa shape index (κ1) is 20.7. The molecule has 3 aromatic rings. The number of aryl methyl sites for hydroxylation is 2. The van der Waals surface area contributed by atoms with Crippen LogP contribution in [0.2, 0.25) is 0 Å². The van der Waals surface area contributed by atoms with E-state index in [4.69, 9.17) is 0 Å². The molecule has 1 aliphatic rings. The Morgan fingerprint density at radius 3 is 2.32 bits per heavy atom. The molecular weight excluding hydrogens is 399 g/mol. The minimum Gasteiger partial charge on any atom is -0.339 e. The molecule has 160 valence electrons. The van der Waals surface area contributed by atoms with Gasteiger partial charge in [0, 0.05) is 44.2 Å². The van der Waals surface area contributed by atoms with Crippen molar-refractivity contribution in [3.8, 4) is 0 Å². The van der Waals surface area contributed by atoms with Crippen LogP contribution in [0.1, 0.15) is 21.6 Å². The van der Waals surface area contributed by atoms with Crippen LogP contribution in [0.25, 0.3) is 10.8 Å². The molecule has 0 bridgehead atoms. The summed E-state index contributed by atoms with van der Waals surface area (Å²) in [5.41, 5.74) is 1.15. The summed E-state index contributed by atoms with van der Waals surface area (Å²) in [6.07, 6.45) is 0.0752. The Morgan fingerprint density at radius 2 is 1.65 bits per heavy atom. The summed E-state index contributed by atoms with van der Waals surface area (Å²) in [5, 5.41) is 5.50. The van der Waals surface area contributed by atoms with E-state index in [0.29, 0.717) is 53.8 Å². The van der Waals surface area contributed by atoms with E-state index in [0.717, 1.165) is 0 Å². The fraction of sp³-hybridized carbons (Fsp3) is 0.304. The second-order valence-electron chi connectivity index (χ2n) is 7.73. The van der Waals surface area contributed by atoms with E-state index in [1.807, 2.05) is 6.07 Å². The maximum Gasteiger partial charge on any atom is 0.274 e. The highest BCUT2D eigenvalue weighted by atomic mass is 19.1. The highest BCUT2D eigenvalue weighted by Gasteiger charge is 2.26. The average Bonchev–Trinajstić information content (AvgIpc) is 2.78. The summed E-state index contributed by atoms with van der Waals surface area (Å²) in [6, 6.07) is 11.6. The number of aromatic nitrogens is 2. The number of nitrogens with zero attached hydrogens (tertiary/aromatic N) is 4. The zero-order chi connectivity index (χ0) is 22.1. The summed E-state index contributed by atoms with van der Waals surface area (Å²) >= 11 is 0. The lowest BCUT2D eigenvalue weighted by molar-refractivity contribution is -0.132. The molecule has 2 aromatic carbocycles. The Labute approximate surface area is 178 Å². The van der Waals surface area contributed by atoms with Crippen molar-refractivity contribution >= 4 is 22.6 Å². The Balaban J connectivity index is 1.44. The molecule has 8 heteroatoms. The number of hydrogen-bond acceptors (Lipinski definition) is 4. The van der Waals surface area contributed by atoms with Gasteiger partial charge in [0.25, 0.3) is 11.5 Å². The number of amides is 2. The molecule has 0 unspecified atom stereocenters. The van der Waals surface area contributed by atoms with Gasteiger partial charge in [0.2, 0.25) is 5.91 Å². The molecule has 4 rings (SSSR count). The van der Waals surface area contributed by atoms with Crippen molar-refractivity contribution in [2.45, 2.75) is 13.3 Å². The predicted molar refractivity (Wildman–Crippen MR) is 114 cm³/mol. The molecule has 0 atom stereocenters. The Kier molecular flexibility index (Phi) is 5.54. The summed E-state index contributed by atoms with van der Waals surface area (Å²) in [7, 11) is 1.57. The molecule has 0 spiro atoms. The van der Waals surface area contributed by atoms with Crippen LogP contribution in [-0.4, -0.2) is 57.6 Å². The summed E-state index contributed by atoms with van der Waals surface area (Å²) in [6.45, 7) is 3.19. The SMILES string of the molecule is Cc1ccc(C(=O)N2CCN(C(=O)Cc3nn(C)c(=O)c4ccccc34)CC2)cc1F. The van der Waals surface area contributed by atoms with Gasteiger partial charge in [0.15, 0.2) is 0 Å². The van der Waals surface area contributed by atoms with Gasteiger partial charge in [0.05, 0.1) is 17.5 Å². The third-order valence-electron chi connectivity index (χ3n) is 5.69. The van der Waals surface area contributed by atoms with Crippen LogP contribution >= 0.6 is 0 Å². The zero-order valence-electron chi connectivity index (χ0n) is 17.5. The van der Waals surface area contributed by atoms with Crippen LogP contribution in [0.15, 0.2) is 47.3 Å². The van der Waals surface area contributed by atoms with Gasteiger partial charge in [-0.3, -0.25) is 14.4 Å². The number of benzene rings is 2. The number of piperazine rings is 1. The summed E-state index contributed by atoms with van der Waals surface area (Å²) in [4.78, 5) is 41.1. The van der Waals surface area contributed by atoms with E-state index in [1.165, 1.54) is 10.7 Å². The molecule has 2 amide bonds. The van der Waals surface area contributed by atoms with Crippen LogP contribution in [0, 0.1) is 12.7 Å². The lowest BCUT2D eigenvalue weighted by Crippen LogP contribution is -2.51. The molecule has 0 saturated carbocycles. The summed E-state index contributed by atoms with van der Waals surface area (Å²) in [5.74, 6) is -0.752. The predicted octanol–water partition coefficient (Wildman–Crippen LogP) is 1.91. The van der Waals surface area contributed by atoms with E-state index in [2.05, 4.69) is 5.10 Å². The van der Waals surface area contributed by atoms with E-state index in [9.17, 15) is 18.8 Å². The summed E-state index contributed by atoms with van der Waals surface area (Å²) < 4.78 is 15.0. The lowest BCUT2D eigenvalue weighted by atomic mass is 10.1. The van der Waals surface area contributed by atoms with Crippen molar-refractivity contribution in [3.05, 3.63) is 75.5 Å². The van der Waals surface area contributed by atoms with E-state index in [1.54, 1.807) is 54.1 Å². The number of carbonyl (C=O) groups is 2. The van der Waals surface area contributed by atoms with Crippen molar-refractivity contribution in [1.82, 2.24) is 19.6 Å². The minimum absolute atomic E-state index is 0.0752. The first-order valence-electron chi connectivity index (χ1n) is 10.1. The molecule has 0 radical (unpaired) electrons. The van der Waals surface area contributed by atoms with E-state index >= 15 is 0 Å². The topological polar surface area (TPSA) is 75.5 Å². The van der Waals surface area contributed by atoms with Gasteiger partial charge in [-0.1, -0.05) is 24.3 Å². The van der Waals surface area contributed by atoms with Gasteiger partial charge in [-0.2, -0.15) is 5.10 Å². The standard InChI is InChI=1S/C23H23FN4O3/c1-15-7-8-16(13-19(15)24)22(30)28-11-9-27(10-12-28)21(29)14-20-17-5-3-4-6-18(17)23(31)26(2)25-20/h3-8,13H,9-12,14H2,1-2H3. The van der Waals surface area contributed by atoms with Gasteiger partial charge in [-0.05, 0) is 30.7 Å². The highest BCUT2D eigenvalue weighted by molar-refractivity contribution is 5.94. The van der Waals surface area contributed by atoms with Crippen molar-refractivity contribution < 1.29 is 14.0 Å². The van der Waals surface area contributed by atoms with Crippen LogP contribution in [0.5, 0.6) is 0 Å². The van der Waals surface area contributed by atoms with Crippen LogP contribution < -0.4 is 5.56 Å². The van der Waals surface area contributed by atoms with Gasteiger partial charge < -0.3 is 9.80 Å². The van der Waals surface area contributed by atoms with Crippen molar-refractivity contribution in [3.63, 3.8) is 0 Å². The van der Waals surface area contributed by atoms with Gasteiger partial charge >= 0.3 is 0 Å². The monoisotopic (exact) mass is 422 g/mol. The average molecular weight is 422 g/mol. The quantitative estimate of drug-likeness (QED) is 0.646. The second-order valence-corrected chi connectivity index (χ2v) is 7.73. The molecule has 31 heavy (non-hydrogen) atoms. The zero-order valence-corrected chi connectivity index (χ0v) is 17.5. The highest BCUT2D eigenvalue weighted by Crippen LogP contribution is 2.16. The third kappa shape index (κ3) is 4.05. The van der Waals surface area contributed by atoms with Crippen molar-refractivity contribution in [1.29, 1.82) is 0 Å². The largest absolute Gasteiger partial charge is 0.339 e. The maximum atomic E-state index is 13.8. The first-order valence-corrected chi connectivity index (χ1v) is 10.1. The molecule has 1 aromatic heterocycles. The Hall–Kier alpha value is -3.55. The normalized spacial score (nSPS) is 14.2. The molecular formula is C23H23FN4O3. The van der Waals surface area contributed by atoms with Gasteiger partial charge in [0.1, 0.15) is 5.82 Å². The molecule has 1 saturated heterocycles. The van der Waals surface area contributed by atoms with Crippen molar-refractivity contribution in [2.75, 3.05) is 26.2 Å².